The van der Waals surface area contributed by atoms with Crippen molar-refractivity contribution in [1.82, 2.24) is 0 Å². The molecule has 0 unspecified atom stereocenters. The topological polar surface area (TPSA) is 70.9 Å². The average molecular weight is 508 g/mol. The first-order chi connectivity index (χ1) is 16.3. The van der Waals surface area contributed by atoms with E-state index in [4.69, 9.17) is 0 Å². The minimum absolute atomic E-state index is 0.0914. The fourth-order valence-corrected chi connectivity index (χ4v) is 4.52. The Morgan fingerprint density at radius 1 is 0.529 bits per heavy atom. The Morgan fingerprint density at radius 3 is 0.971 bits per heavy atom. The third-order valence-corrected chi connectivity index (χ3v) is 6.82. The molecular formula is C28H61NO4S. The van der Waals surface area contributed by atoms with Crippen LogP contribution in [0.3, 0.4) is 0 Å². The normalized spacial score (nSPS) is 11.6. The summed E-state index contributed by atoms with van der Waals surface area (Å²) in [7, 11) is 0.0982. The third kappa shape index (κ3) is 39.1. The van der Waals surface area contributed by atoms with E-state index in [-0.39, 0.29) is 6.61 Å². The molecule has 0 amide bonds. The molecule has 0 aliphatic carbocycles. The van der Waals surface area contributed by atoms with Crippen LogP contribution in [0.4, 0.5) is 0 Å². The van der Waals surface area contributed by atoms with Gasteiger partial charge in [-0.05, 0) is 19.8 Å². The van der Waals surface area contributed by atoms with Gasteiger partial charge in [0.25, 0.3) is 0 Å². The molecule has 5 nitrogen and oxygen atoms in total. The van der Waals surface area contributed by atoms with Crippen molar-refractivity contribution in [3.8, 4) is 0 Å². The summed E-state index contributed by atoms with van der Waals surface area (Å²) in [6, 6.07) is 0. The van der Waals surface area contributed by atoms with Gasteiger partial charge in [-0.1, -0.05) is 135 Å². The molecule has 0 aromatic carbocycles. The van der Waals surface area contributed by atoms with Crippen LogP contribution in [0.15, 0.2) is 0 Å². The summed E-state index contributed by atoms with van der Waals surface area (Å²) in [6.07, 6.45) is 32.4. The van der Waals surface area contributed by atoms with Crippen molar-refractivity contribution >= 4 is 10.4 Å². The predicted molar refractivity (Wildman–Crippen MR) is 146 cm³/mol. The molecule has 0 bridgehead atoms. The highest BCUT2D eigenvalue weighted by Crippen LogP contribution is 2.15. The highest BCUT2D eigenvalue weighted by Gasteiger charge is 1.96. The van der Waals surface area contributed by atoms with Crippen molar-refractivity contribution in [3.63, 3.8) is 0 Å². The second kappa shape index (κ2) is 29.1. The van der Waals surface area contributed by atoms with Crippen LogP contribution in [0, 0.1) is 0 Å². The Kier molecular flexibility index (Phi) is 30.8. The summed E-state index contributed by atoms with van der Waals surface area (Å²) >= 11 is 0. The maximum absolute atomic E-state index is 9.45. The van der Waals surface area contributed by atoms with Crippen LogP contribution in [-0.2, 0) is 14.6 Å². The maximum Gasteiger partial charge on any atom is 0.217 e. The van der Waals surface area contributed by atoms with Gasteiger partial charge in [-0.15, -0.1) is 0 Å². The maximum atomic E-state index is 9.45. The fourth-order valence-electron chi connectivity index (χ4n) is 4.23. The molecule has 0 aliphatic rings. The Hall–Kier alpha value is -0.170. The number of rotatable bonds is 25. The predicted octanol–water partition coefficient (Wildman–Crippen LogP) is 7.22. The zero-order chi connectivity index (χ0) is 25.8. The molecular weight excluding hydrogens is 446 g/mol. The molecule has 0 heterocycles. The molecule has 0 aromatic rings. The van der Waals surface area contributed by atoms with Gasteiger partial charge in [-0.2, -0.15) is 0 Å². The minimum Gasteiger partial charge on any atom is -0.726 e. The van der Waals surface area contributed by atoms with Crippen molar-refractivity contribution in [2.24, 2.45) is 0 Å². The summed E-state index contributed by atoms with van der Waals surface area (Å²) in [6.45, 7) is 4.98. The highest BCUT2D eigenvalue weighted by molar-refractivity contribution is 7.80. The molecule has 0 saturated heterocycles. The van der Waals surface area contributed by atoms with E-state index >= 15 is 0 Å². The molecule has 0 radical (unpaired) electrons. The SMILES string of the molecule is CCCCCCCCCCCCCCCCCCCCCCCC[NH+](C)C.CCOS(=O)(=O)[O-]. The molecule has 0 atom stereocenters. The summed E-state index contributed by atoms with van der Waals surface area (Å²) in [5.74, 6) is 0. The van der Waals surface area contributed by atoms with Crippen LogP contribution < -0.4 is 4.90 Å². The van der Waals surface area contributed by atoms with Gasteiger partial charge in [0.05, 0.1) is 27.2 Å². The van der Waals surface area contributed by atoms with Gasteiger partial charge in [-0.3, -0.25) is 4.18 Å². The summed E-state index contributed by atoms with van der Waals surface area (Å²) in [5, 5.41) is 0. The van der Waals surface area contributed by atoms with Crippen molar-refractivity contribution in [3.05, 3.63) is 0 Å². The Bertz CT molecular complexity index is 469. The first-order valence-electron chi connectivity index (χ1n) is 14.7. The third-order valence-electron chi connectivity index (χ3n) is 6.29. The second-order valence-electron chi connectivity index (χ2n) is 10.2. The van der Waals surface area contributed by atoms with Crippen molar-refractivity contribution < 1.29 is 22.1 Å². The summed E-state index contributed by atoms with van der Waals surface area (Å²) in [5.41, 5.74) is 0. The van der Waals surface area contributed by atoms with E-state index in [0.29, 0.717) is 0 Å². The molecule has 0 spiro atoms. The summed E-state index contributed by atoms with van der Waals surface area (Å²) in [4.78, 5) is 1.60. The number of quaternary nitrogens is 1. The van der Waals surface area contributed by atoms with Crippen LogP contribution in [-0.4, -0.2) is 40.2 Å². The fraction of sp³-hybridized carbons (Fsp3) is 1.00. The lowest BCUT2D eigenvalue weighted by Crippen LogP contribution is -3.05. The number of hydrogen-bond donors (Lipinski definition) is 1. The lowest BCUT2D eigenvalue weighted by Gasteiger charge is -2.06. The van der Waals surface area contributed by atoms with Crippen molar-refractivity contribution in [2.45, 2.75) is 155 Å². The van der Waals surface area contributed by atoms with Crippen LogP contribution in [0.2, 0.25) is 0 Å². The standard InChI is InChI=1S/C26H55N.C2H6O4S/c1-4-5-6-7-8-9-10-11-12-13-14-15-16-17-18-19-20-21-22-23-24-25-26-27(2)3;1-2-6-7(3,4)5/h4-26H2,1-3H3;2H2,1H3,(H,3,4,5). The van der Waals surface area contributed by atoms with E-state index in [1.807, 2.05) is 0 Å². The van der Waals surface area contributed by atoms with E-state index in [9.17, 15) is 13.0 Å². The minimum atomic E-state index is -4.42. The van der Waals surface area contributed by atoms with Crippen molar-refractivity contribution in [2.75, 3.05) is 27.2 Å². The molecule has 34 heavy (non-hydrogen) atoms. The van der Waals surface area contributed by atoms with Gasteiger partial charge in [-0.25, -0.2) is 8.42 Å². The van der Waals surface area contributed by atoms with E-state index in [0.717, 1.165) is 0 Å². The van der Waals surface area contributed by atoms with Crippen molar-refractivity contribution in [1.29, 1.82) is 0 Å². The molecule has 208 valence electrons. The van der Waals surface area contributed by atoms with Gasteiger partial charge >= 0.3 is 0 Å². The van der Waals surface area contributed by atoms with Gasteiger partial charge < -0.3 is 9.45 Å². The molecule has 1 N–H and O–H groups in total. The van der Waals surface area contributed by atoms with Crippen LogP contribution >= 0.6 is 0 Å². The van der Waals surface area contributed by atoms with E-state index in [1.54, 1.807) is 4.90 Å². The monoisotopic (exact) mass is 507 g/mol. The molecule has 0 saturated carbocycles. The molecule has 6 heteroatoms. The summed E-state index contributed by atoms with van der Waals surface area (Å²) < 4.78 is 32.0. The molecule has 0 aliphatic heterocycles. The van der Waals surface area contributed by atoms with E-state index in [2.05, 4.69) is 25.2 Å². The van der Waals surface area contributed by atoms with Crippen LogP contribution in [0.1, 0.15) is 155 Å². The van der Waals surface area contributed by atoms with Gasteiger partial charge in [0.2, 0.25) is 10.4 Å². The Labute approximate surface area is 214 Å². The van der Waals surface area contributed by atoms with Gasteiger partial charge in [0.1, 0.15) is 0 Å². The number of nitrogens with one attached hydrogen (secondary N) is 1. The zero-order valence-electron chi connectivity index (χ0n) is 23.5. The smallest absolute Gasteiger partial charge is 0.217 e. The highest BCUT2D eigenvalue weighted by atomic mass is 32.3. The first-order valence-corrected chi connectivity index (χ1v) is 16.1. The first kappa shape index (κ1) is 36.0. The lowest BCUT2D eigenvalue weighted by atomic mass is 10.0. The van der Waals surface area contributed by atoms with Gasteiger partial charge in [0, 0.05) is 0 Å². The van der Waals surface area contributed by atoms with Crippen LogP contribution in [0.25, 0.3) is 0 Å². The number of unbranched alkanes of at least 4 members (excludes halogenated alkanes) is 21. The molecule has 0 aromatic heterocycles. The quantitative estimate of drug-likeness (QED) is 0.0804. The van der Waals surface area contributed by atoms with E-state index in [1.165, 1.54) is 155 Å². The van der Waals surface area contributed by atoms with E-state index < -0.39 is 10.4 Å². The zero-order valence-corrected chi connectivity index (χ0v) is 24.3. The number of hydrogen-bond acceptors (Lipinski definition) is 4. The van der Waals surface area contributed by atoms with Gasteiger partial charge in [0.15, 0.2) is 0 Å². The second-order valence-corrected chi connectivity index (χ2v) is 11.2. The Balaban J connectivity index is 0. The molecule has 0 rings (SSSR count). The average Bonchev–Trinajstić information content (AvgIpc) is 2.76. The largest absolute Gasteiger partial charge is 0.726 e. The molecule has 0 fully saturated rings. The lowest BCUT2D eigenvalue weighted by molar-refractivity contribution is -0.858. The Morgan fingerprint density at radius 2 is 0.794 bits per heavy atom. The van der Waals surface area contributed by atoms with Crippen LogP contribution in [0.5, 0.6) is 0 Å².